The smallest absolute Gasteiger partial charge is 0.114 e. The number of nitrogens with zero attached hydrogens (tertiary/aromatic N) is 2. The Labute approximate surface area is 313 Å². The van der Waals surface area contributed by atoms with Crippen LogP contribution in [0.2, 0.25) is 0 Å². The first-order chi connectivity index (χ1) is 23.0. The summed E-state index contributed by atoms with van der Waals surface area (Å²) in [6.07, 6.45) is 17.9. The van der Waals surface area contributed by atoms with Crippen molar-refractivity contribution in [1.29, 1.82) is 0 Å². The molecule has 256 valence electrons. The van der Waals surface area contributed by atoms with E-state index in [2.05, 4.69) is 109 Å². The predicted molar refractivity (Wildman–Crippen MR) is 207 cm³/mol. The number of anilines is 2. The van der Waals surface area contributed by atoms with Crippen LogP contribution in [0, 0.1) is 13.8 Å². The van der Waals surface area contributed by atoms with Crippen molar-refractivity contribution >= 4 is 48.6 Å². The van der Waals surface area contributed by atoms with Crippen LogP contribution < -0.4 is 9.80 Å². The van der Waals surface area contributed by atoms with E-state index in [4.69, 9.17) is 23.2 Å². The van der Waals surface area contributed by atoms with E-state index in [1.165, 1.54) is 109 Å². The van der Waals surface area contributed by atoms with Crippen LogP contribution in [-0.4, -0.2) is 34.4 Å². The summed E-state index contributed by atoms with van der Waals surface area (Å²) in [6, 6.07) is 28.5. The number of rotatable bonds is 6. The van der Waals surface area contributed by atoms with E-state index >= 15 is 0 Å². The third-order valence-corrected chi connectivity index (χ3v) is 16.8. The van der Waals surface area contributed by atoms with E-state index in [-0.39, 0.29) is 29.5 Å². The van der Waals surface area contributed by atoms with Crippen molar-refractivity contribution in [3.8, 4) is 0 Å². The Kier molecular flexibility index (Phi) is 12.2. The van der Waals surface area contributed by atoms with E-state index in [1.807, 2.05) is 0 Å². The minimum Gasteiger partial charge on any atom is -0.326 e. The Bertz CT molecular complexity index is 1520. The standard InChI is InChI=1S/C42H51Cl2N2P.Ru/c1-31-16-12-14-24-38(31)45-28-29-46(39-25-15-13-17-32(39)2)41(45)36-26-27-42(44,37(40(36)43)30-33-18-6-3-7-19-33)47(34-20-8-4-9-21-34)35-22-10-5-11-23-35;/h3,6-7,12-19,24-25,30,34-35,40H,4-5,8-11,20-23,26-29H2,1-2H3;. The van der Waals surface area contributed by atoms with Crippen molar-refractivity contribution in [3.05, 3.63) is 113 Å². The van der Waals surface area contributed by atoms with Crippen LogP contribution in [-0.2, 0) is 19.5 Å². The molecule has 0 amide bonds. The molecule has 0 aromatic heterocycles. The SMILES string of the molecule is Cc1ccccc1N1CCN(c2ccccc2C)C1=C1CCC(Cl)(P(C2CCCCC2)C2CCCCC2)C(=Cc2ccccc2)C1Cl.[Ru]. The average Bonchev–Trinajstić information content (AvgIpc) is 3.53. The third kappa shape index (κ3) is 7.24. The van der Waals surface area contributed by atoms with E-state index < -0.39 is 7.92 Å². The fourth-order valence-electron chi connectivity index (χ4n) is 9.07. The number of halogens is 2. The molecular weight excluding hydrogens is 735 g/mol. The van der Waals surface area contributed by atoms with Crippen LogP contribution in [0.4, 0.5) is 11.4 Å². The van der Waals surface area contributed by atoms with Gasteiger partial charge in [0.2, 0.25) is 0 Å². The molecule has 2 nitrogen and oxygen atoms in total. The molecule has 7 rings (SSSR count). The number of benzene rings is 3. The molecule has 1 saturated heterocycles. The van der Waals surface area contributed by atoms with E-state index in [1.54, 1.807) is 0 Å². The van der Waals surface area contributed by atoms with Crippen LogP contribution in [0.15, 0.2) is 95.8 Å². The first kappa shape index (κ1) is 36.2. The van der Waals surface area contributed by atoms with E-state index in [0.29, 0.717) is 0 Å². The number of allylic oxidation sites excluding steroid dienone is 2. The molecule has 3 aromatic rings. The van der Waals surface area contributed by atoms with Crippen molar-refractivity contribution in [1.82, 2.24) is 0 Å². The summed E-state index contributed by atoms with van der Waals surface area (Å²) in [6.45, 7) is 6.34. The normalized spacial score (nSPS) is 25.2. The molecule has 4 fully saturated rings. The molecule has 0 N–H and O–H groups in total. The largest absolute Gasteiger partial charge is 0.326 e. The summed E-state index contributed by atoms with van der Waals surface area (Å²) in [4.78, 5) is 5.11. The maximum Gasteiger partial charge on any atom is 0.114 e. The van der Waals surface area contributed by atoms with Crippen molar-refractivity contribution in [2.75, 3.05) is 22.9 Å². The van der Waals surface area contributed by atoms with Gasteiger partial charge in [0.15, 0.2) is 0 Å². The number of para-hydroxylation sites is 2. The Morgan fingerprint density at radius 2 is 1.17 bits per heavy atom. The molecule has 0 bridgehead atoms. The second kappa shape index (κ2) is 16.2. The molecule has 3 aromatic carbocycles. The summed E-state index contributed by atoms with van der Waals surface area (Å²) >= 11 is 16.4. The minimum absolute atomic E-state index is 0. The maximum atomic E-state index is 8.37. The predicted octanol–water partition coefficient (Wildman–Crippen LogP) is 12.4. The molecule has 6 heteroatoms. The van der Waals surface area contributed by atoms with Crippen LogP contribution in [0.3, 0.4) is 0 Å². The Morgan fingerprint density at radius 3 is 1.67 bits per heavy atom. The molecule has 0 spiro atoms. The van der Waals surface area contributed by atoms with Gasteiger partial charge >= 0.3 is 0 Å². The fourth-order valence-corrected chi connectivity index (χ4v) is 15.2. The van der Waals surface area contributed by atoms with Crippen LogP contribution >= 0.6 is 31.1 Å². The van der Waals surface area contributed by atoms with Gasteiger partial charge in [-0.05, 0) is 104 Å². The van der Waals surface area contributed by atoms with Gasteiger partial charge in [-0.15, -0.1) is 23.2 Å². The molecule has 1 aliphatic heterocycles. The average molecular weight is 787 g/mol. The van der Waals surface area contributed by atoms with Crippen LogP contribution in [0.1, 0.15) is 93.7 Å². The second-order valence-electron chi connectivity index (χ2n) is 14.3. The van der Waals surface area contributed by atoms with Gasteiger partial charge in [0.05, 0.1) is 9.99 Å². The van der Waals surface area contributed by atoms with E-state index in [9.17, 15) is 0 Å². The molecule has 2 unspecified atom stereocenters. The topological polar surface area (TPSA) is 6.48 Å². The Hall–Kier alpha value is -1.63. The fraction of sp³-hybridized carbons (Fsp3) is 0.476. The number of hydrogen-bond acceptors (Lipinski definition) is 2. The monoisotopic (exact) mass is 786 g/mol. The zero-order valence-electron chi connectivity index (χ0n) is 28.7. The van der Waals surface area contributed by atoms with Gasteiger partial charge in [0.25, 0.3) is 0 Å². The summed E-state index contributed by atoms with van der Waals surface area (Å²) in [5, 5.41) is -0.259. The number of alkyl halides is 2. The minimum atomic E-state index is -0.448. The number of aryl methyl sites for hydroxylation is 2. The molecule has 3 aliphatic carbocycles. The first-order valence-electron chi connectivity index (χ1n) is 18.2. The molecule has 4 aliphatic rings. The van der Waals surface area contributed by atoms with Gasteiger partial charge in [-0.25, -0.2) is 0 Å². The van der Waals surface area contributed by atoms with Gasteiger partial charge in [-0.2, -0.15) is 0 Å². The summed E-state index contributed by atoms with van der Waals surface area (Å²) < 4.78 is -0.384. The van der Waals surface area contributed by atoms with E-state index in [0.717, 1.165) is 37.2 Å². The maximum absolute atomic E-state index is 8.37. The Balaban J connectivity index is 0.00000401. The van der Waals surface area contributed by atoms with Crippen molar-refractivity contribution in [2.24, 2.45) is 0 Å². The van der Waals surface area contributed by atoms with Gasteiger partial charge < -0.3 is 9.80 Å². The number of hydrogen-bond donors (Lipinski definition) is 0. The van der Waals surface area contributed by atoms with Crippen molar-refractivity contribution < 1.29 is 19.5 Å². The summed E-state index contributed by atoms with van der Waals surface area (Å²) in [5.41, 5.74) is 10.4. The summed E-state index contributed by atoms with van der Waals surface area (Å²) in [5.74, 6) is 1.27. The van der Waals surface area contributed by atoms with Crippen molar-refractivity contribution in [3.63, 3.8) is 0 Å². The van der Waals surface area contributed by atoms with Gasteiger partial charge in [-0.1, -0.05) is 119 Å². The Morgan fingerprint density at radius 1 is 0.688 bits per heavy atom. The molecular formula is C42H51Cl2N2PRu. The third-order valence-electron chi connectivity index (χ3n) is 11.4. The molecule has 3 saturated carbocycles. The van der Waals surface area contributed by atoms with Crippen LogP contribution in [0.5, 0.6) is 0 Å². The molecule has 0 radical (unpaired) electrons. The van der Waals surface area contributed by atoms with Crippen LogP contribution in [0.25, 0.3) is 6.08 Å². The van der Waals surface area contributed by atoms with Crippen molar-refractivity contribution in [2.45, 2.75) is 112 Å². The zero-order valence-corrected chi connectivity index (χ0v) is 32.8. The van der Waals surface area contributed by atoms with Gasteiger partial charge in [-0.3, -0.25) is 0 Å². The summed E-state index contributed by atoms with van der Waals surface area (Å²) in [7, 11) is -0.448. The quantitative estimate of drug-likeness (QED) is 0.139. The zero-order chi connectivity index (χ0) is 32.4. The van der Waals surface area contributed by atoms with Gasteiger partial charge in [0.1, 0.15) is 5.82 Å². The second-order valence-corrected chi connectivity index (χ2v) is 18.7. The molecule has 1 heterocycles. The van der Waals surface area contributed by atoms with Gasteiger partial charge in [0, 0.05) is 43.9 Å². The first-order valence-corrected chi connectivity index (χ1v) is 20.5. The molecule has 2 atom stereocenters. The molecule has 48 heavy (non-hydrogen) atoms.